The van der Waals surface area contributed by atoms with Gasteiger partial charge in [0.15, 0.2) is 11.9 Å². The Morgan fingerprint density at radius 1 is 0.879 bits per heavy atom. The first-order valence-corrected chi connectivity index (χ1v) is 10.9. The first-order chi connectivity index (χ1) is 16.0. The molecule has 0 amide bonds. The van der Waals surface area contributed by atoms with Gasteiger partial charge < -0.3 is 9.47 Å². The molecular formula is C28H25NO4. The molecule has 1 heterocycles. The van der Waals surface area contributed by atoms with Crippen LogP contribution in [0.1, 0.15) is 20.3 Å². The molecule has 4 rings (SSSR count). The van der Waals surface area contributed by atoms with Gasteiger partial charge in [-0.25, -0.2) is 4.98 Å². The number of esters is 1. The Morgan fingerprint density at radius 2 is 1.58 bits per heavy atom. The number of para-hydroxylation sites is 1. The van der Waals surface area contributed by atoms with E-state index in [0.717, 1.165) is 33.3 Å². The van der Waals surface area contributed by atoms with Crippen LogP contribution in [0.15, 0.2) is 84.9 Å². The minimum Gasteiger partial charge on any atom is -0.489 e. The van der Waals surface area contributed by atoms with Crippen LogP contribution in [0, 0.1) is 0 Å². The smallest absolute Gasteiger partial charge is 0.306 e. The third-order valence-electron chi connectivity index (χ3n) is 5.37. The Bertz CT molecular complexity index is 1270. The number of nitrogens with zero attached hydrogens (tertiary/aromatic N) is 1. The molecule has 33 heavy (non-hydrogen) atoms. The van der Waals surface area contributed by atoms with Gasteiger partial charge in [-0.2, -0.15) is 0 Å². The molecule has 5 nitrogen and oxygen atoms in total. The Kier molecular flexibility index (Phi) is 6.79. The maximum absolute atomic E-state index is 11.7. The summed E-state index contributed by atoms with van der Waals surface area (Å²) in [5.41, 5.74) is 4.99. The van der Waals surface area contributed by atoms with Crippen molar-refractivity contribution in [2.24, 2.45) is 0 Å². The van der Waals surface area contributed by atoms with Crippen LogP contribution in [0.5, 0.6) is 5.75 Å². The predicted molar refractivity (Wildman–Crippen MR) is 129 cm³/mol. The zero-order chi connectivity index (χ0) is 23.2. The number of ether oxygens (including phenoxy) is 2. The van der Waals surface area contributed by atoms with Gasteiger partial charge in [0.1, 0.15) is 12.4 Å². The molecule has 5 heteroatoms. The van der Waals surface area contributed by atoms with Gasteiger partial charge in [0.05, 0.1) is 11.2 Å². The Labute approximate surface area is 193 Å². The largest absolute Gasteiger partial charge is 0.489 e. The number of hydrogen-bond donors (Lipinski definition) is 0. The summed E-state index contributed by atoms with van der Waals surface area (Å²) in [4.78, 5) is 28.1. The zero-order valence-electron chi connectivity index (χ0n) is 18.7. The number of Topliss-reactive ketones (excluding diaryl/α,β-unsaturated/α-hetero) is 1. The third kappa shape index (κ3) is 5.26. The lowest BCUT2D eigenvalue weighted by molar-refractivity contribution is -0.155. The molecule has 1 atom stereocenters. The molecule has 4 aromatic rings. The van der Waals surface area contributed by atoms with Gasteiger partial charge in [-0.05, 0) is 54.4 Å². The Balaban J connectivity index is 1.58. The first-order valence-electron chi connectivity index (χ1n) is 10.9. The van der Waals surface area contributed by atoms with Crippen molar-refractivity contribution < 1.29 is 19.1 Å². The second-order valence-electron chi connectivity index (χ2n) is 7.72. The fourth-order valence-corrected chi connectivity index (χ4v) is 3.55. The van der Waals surface area contributed by atoms with E-state index in [0.29, 0.717) is 5.75 Å². The summed E-state index contributed by atoms with van der Waals surface area (Å²) in [6.45, 7) is 3.05. The lowest BCUT2D eigenvalue weighted by Gasteiger charge is -2.16. The summed E-state index contributed by atoms with van der Waals surface area (Å²) in [6, 6.07) is 28.0. The van der Waals surface area contributed by atoms with Crippen molar-refractivity contribution in [3.05, 3.63) is 84.9 Å². The highest BCUT2D eigenvalue weighted by atomic mass is 16.6. The van der Waals surface area contributed by atoms with Gasteiger partial charge in [0.2, 0.25) is 0 Å². The molecule has 0 fully saturated rings. The van der Waals surface area contributed by atoms with Crippen molar-refractivity contribution in [3.8, 4) is 28.1 Å². The molecule has 0 aliphatic heterocycles. The summed E-state index contributed by atoms with van der Waals surface area (Å²) in [5, 5.41) is 1.10. The summed E-state index contributed by atoms with van der Waals surface area (Å²) in [5.74, 6) is -0.0883. The summed E-state index contributed by atoms with van der Waals surface area (Å²) in [7, 11) is 0. The molecule has 0 aliphatic rings. The molecular weight excluding hydrogens is 414 g/mol. The van der Waals surface area contributed by atoms with Crippen LogP contribution in [0.2, 0.25) is 0 Å². The number of ketones is 1. The monoisotopic (exact) mass is 439 g/mol. The van der Waals surface area contributed by atoms with Crippen LogP contribution in [-0.4, -0.2) is 29.4 Å². The number of aromatic nitrogens is 1. The van der Waals surface area contributed by atoms with Crippen LogP contribution >= 0.6 is 0 Å². The van der Waals surface area contributed by atoms with Crippen LogP contribution < -0.4 is 4.74 Å². The lowest BCUT2D eigenvalue weighted by Crippen LogP contribution is -2.31. The molecule has 1 aromatic heterocycles. The van der Waals surface area contributed by atoms with E-state index in [2.05, 4.69) is 24.3 Å². The Morgan fingerprint density at radius 3 is 2.27 bits per heavy atom. The molecule has 0 bridgehead atoms. The van der Waals surface area contributed by atoms with Crippen LogP contribution in [0.25, 0.3) is 33.3 Å². The SMILES string of the molecule is CCC(=O)OC(COc1ccc(-c2cc(-c3ccccc3)c3ccccc3n2)cc1)C(C)=O. The second-order valence-corrected chi connectivity index (χ2v) is 7.72. The second kappa shape index (κ2) is 10.1. The van der Waals surface area contributed by atoms with E-state index in [1.54, 1.807) is 6.92 Å². The molecule has 0 N–H and O–H groups in total. The van der Waals surface area contributed by atoms with E-state index in [1.165, 1.54) is 6.92 Å². The lowest BCUT2D eigenvalue weighted by atomic mass is 9.98. The molecule has 0 aliphatic carbocycles. The fourth-order valence-electron chi connectivity index (χ4n) is 3.55. The van der Waals surface area contributed by atoms with Crippen molar-refractivity contribution >= 4 is 22.7 Å². The van der Waals surface area contributed by atoms with E-state index in [-0.39, 0.29) is 18.8 Å². The minimum atomic E-state index is -0.910. The predicted octanol–water partition coefficient (Wildman–Crippen LogP) is 5.86. The Hall–Kier alpha value is -3.99. The van der Waals surface area contributed by atoms with E-state index in [9.17, 15) is 9.59 Å². The van der Waals surface area contributed by atoms with Crippen molar-refractivity contribution in [2.75, 3.05) is 6.61 Å². The van der Waals surface area contributed by atoms with Gasteiger partial charge in [0, 0.05) is 17.4 Å². The maximum atomic E-state index is 11.7. The van der Waals surface area contributed by atoms with Crippen LogP contribution in [0.3, 0.4) is 0 Å². The molecule has 0 radical (unpaired) electrons. The highest BCUT2D eigenvalue weighted by Crippen LogP contribution is 2.32. The molecule has 166 valence electrons. The summed E-state index contributed by atoms with van der Waals surface area (Å²) in [6.07, 6.45) is -0.699. The average molecular weight is 440 g/mol. The standard InChI is InChI=1S/C28H25NO4/c1-3-28(31)33-27(19(2)30)18-32-22-15-13-21(14-16-22)26-17-24(20-9-5-4-6-10-20)23-11-7-8-12-25(23)29-26/h4-17,27H,3,18H2,1-2H3. The highest BCUT2D eigenvalue weighted by Gasteiger charge is 2.19. The number of carbonyl (C=O) groups is 2. The number of benzene rings is 3. The van der Waals surface area contributed by atoms with E-state index in [4.69, 9.17) is 14.5 Å². The van der Waals surface area contributed by atoms with Gasteiger partial charge >= 0.3 is 5.97 Å². The first kappa shape index (κ1) is 22.2. The van der Waals surface area contributed by atoms with Crippen molar-refractivity contribution in [2.45, 2.75) is 26.4 Å². The molecule has 0 saturated carbocycles. The van der Waals surface area contributed by atoms with Crippen LogP contribution in [0.4, 0.5) is 0 Å². The van der Waals surface area contributed by atoms with Crippen molar-refractivity contribution in [1.82, 2.24) is 4.98 Å². The number of pyridine rings is 1. The third-order valence-corrected chi connectivity index (χ3v) is 5.37. The fraction of sp³-hybridized carbons (Fsp3) is 0.179. The average Bonchev–Trinajstić information content (AvgIpc) is 2.86. The minimum absolute atomic E-state index is 0.0210. The zero-order valence-corrected chi connectivity index (χ0v) is 18.7. The van der Waals surface area contributed by atoms with Crippen molar-refractivity contribution in [3.63, 3.8) is 0 Å². The van der Waals surface area contributed by atoms with Gasteiger partial charge in [-0.15, -0.1) is 0 Å². The normalized spacial score (nSPS) is 11.7. The summed E-state index contributed by atoms with van der Waals surface area (Å²) < 4.78 is 10.9. The number of carbonyl (C=O) groups excluding carboxylic acids is 2. The molecule has 0 saturated heterocycles. The molecule has 0 spiro atoms. The number of rotatable bonds is 8. The highest BCUT2D eigenvalue weighted by molar-refractivity contribution is 5.96. The topological polar surface area (TPSA) is 65.5 Å². The summed E-state index contributed by atoms with van der Waals surface area (Å²) >= 11 is 0. The molecule has 3 aromatic carbocycles. The number of hydrogen-bond acceptors (Lipinski definition) is 5. The van der Waals surface area contributed by atoms with E-state index >= 15 is 0 Å². The van der Waals surface area contributed by atoms with Crippen molar-refractivity contribution in [1.29, 1.82) is 0 Å². The quantitative estimate of drug-likeness (QED) is 0.322. The number of fused-ring (bicyclic) bond motifs is 1. The van der Waals surface area contributed by atoms with Crippen LogP contribution in [-0.2, 0) is 14.3 Å². The van der Waals surface area contributed by atoms with Gasteiger partial charge in [0.25, 0.3) is 0 Å². The van der Waals surface area contributed by atoms with E-state index < -0.39 is 12.1 Å². The maximum Gasteiger partial charge on any atom is 0.306 e. The van der Waals surface area contributed by atoms with Gasteiger partial charge in [-0.1, -0.05) is 55.5 Å². The molecule has 1 unspecified atom stereocenters. The van der Waals surface area contributed by atoms with E-state index in [1.807, 2.05) is 60.7 Å². The van der Waals surface area contributed by atoms with Gasteiger partial charge in [-0.3, -0.25) is 9.59 Å².